The van der Waals surface area contributed by atoms with E-state index >= 15 is 0 Å². The summed E-state index contributed by atoms with van der Waals surface area (Å²) >= 11 is 10.9. The number of aliphatic hydroxyl groups excluding tert-OH is 8. The van der Waals surface area contributed by atoms with Crippen LogP contribution in [0.3, 0.4) is 0 Å². The average molecular weight is 1630 g/mol. The van der Waals surface area contributed by atoms with Gasteiger partial charge in [0, 0.05) is 73.3 Å². The van der Waals surface area contributed by atoms with Gasteiger partial charge in [-0.05, 0) is 142 Å². The second kappa shape index (κ2) is 30.5. The highest BCUT2D eigenvalue weighted by Gasteiger charge is 2.41. The van der Waals surface area contributed by atoms with Gasteiger partial charge in [-0.25, -0.2) is 0 Å². The molecule has 0 radical (unpaired) electrons. The quantitative estimate of drug-likeness (QED) is 0.0553. The molecule has 0 fully saturated rings. The Kier molecular flexibility index (Phi) is 28.4. The number of anilines is 2. The Bertz CT molecular complexity index is 1860. The van der Waals surface area contributed by atoms with Crippen molar-refractivity contribution >= 4 is 182 Å². The lowest BCUT2D eigenvalue weighted by molar-refractivity contribution is -0.118. The predicted molar refractivity (Wildman–Crippen MR) is 301 cm³/mol. The van der Waals surface area contributed by atoms with Crippen molar-refractivity contribution in [2.75, 3.05) is 128 Å². The molecule has 27 heteroatoms. The van der Waals surface area contributed by atoms with E-state index in [0.29, 0.717) is 6.42 Å². The van der Waals surface area contributed by atoms with E-state index in [-0.39, 0.29) is 107 Å². The monoisotopic (exact) mass is 1630 g/mol. The van der Waals surface area contributed by atoms with Crippen molar-refractivity contribution in [1.82, 2.24) is 19.6 Å². The van der Waals surface area contributed by atoms with Gasteiger partial charge in [0.2, 0.25) is 11.8 Å². The van der Waals surface area contributed by atoms with Crippen LogP contribution >= 0.6 is 136 Å². The van der Waals surface area contributed by atoms with E-state index in [1.807, 2.05) is 74.7 Å². The number of nitrogens with zero attached hydrogens (tertiary/aromatic N) is 6. The Balaban J connectivity index is 3.15. The fraction of sp³-hybridized carbons (Fsp3) is 0.561. The van der Waals surface area contributed by atoms with Gasteiger partial charge in [0.15, 0.2) is 0 Å². The molecule has 9 N–H and O–H groups in total. The van der Waals surface area contributed by atoms with Crippen LogP contribution in [-0.2, 0) is 9.59 Å². The topological polar surface area (TPSA) is 304 Å². The van der Waals surface area contributed by atoms with Gasteiger partial charge in [-0.2, -0.15) is 0 Å². The number of hydrogen-bond acceptors (Lipinski definition) is 15. The molecular weight excluding hydrogens is 1580 g/mol. The van der Waals surface area contributed by atoms with Gasteiger partial charge in [0.05, 0.1) is 114 Å². The molecule has 68 heavy (non-hydrogen) atoms. The first-order chi connectivity index (χ1) is 32.1. The fourth-order valence-corrected chi connectivity index (χ4v) is 16.3. The summed E-state index contributed by atoms with van der Waals surface area (Å²) in [6.07, 6.45) is 0.495. The molecule has 6 amide bonds. The second-order valence-corrected chi connectivity index (χ2v) is 21.4. The number of halogens is 6. The molecule has 21 nitrogen and oxygen atoms in total. The standard InChI is InChI=1S/C41H56I6N6O15/c1-4-5-48(6-13-54)37(64)25-29(42)26(38(65)49(7-14-55)8-15-56)32(45)35(31(25)44)52(23(2)62)20-41(68,22-61)21-53(24(3)63)36-33(46)27(39(66)50(9-16-57)10-17-58)30(43)28(34(36)47)40(67)51(11-18-59)12-19-60/h54-61,68H,4-22H2,1-3H3. The number of rotatable bonds is 27. The number of carbonyl (C=O) groups is 6. The first-order valence-electron chi connectivity index (χ1n) is 20.8. The number of benzene rings is 2. The summed E-state index contributed by atoms with van der Waals surface area (Å²) in [4.78, 5) is 92.4. The molecule has 0 aliphatic heterocycles. The van der Waals surface area contributed by atoms with Crippen LogP contribution in [0, 0.1) is 21.4 Å². The third kappa shape index (κ3) is 15.4. The van der Waals surface area contributed by atoms with Crippen molar-refractivity contribution in [1.29, 1.82) is 0 Å². The van der Waals surface area contributed by atoms with Gasteiger partial charge in [-0.1, -0.05) is 6.92 Å². The van der Waals surface area contributed by atoms with Crippen LogP contribution in [0.15, 0.2) is 0 Å². The zero-order valence-electron chi connectivity index (χ0n) is 37.4. The van der Waals surface area contributed by atoms with Gasteiger partial charge in [-0.3, -0.25) is 28.8 Å². The molecule has 0 spiro atoms. The maximum atomic E-state index is 14.5. The number of aliphatic hydroxyl groups is 9. The summed E-state index contributed by atoms with van der Waals surface area (Å²) in [6, 6.07) is 0. The van der Waals surface area contributed by atoms with Gasteiger partial charge in [0.25, 0.3) is 23.6 Å². The van der Waals surface area contributed by atoms with Crippen LogP contribution < -0.4 is 9.80 Å². The van der Waals surface area contributed by atoms with Crippen molar-refractivity contribution in [3.63, 3.8) is 0 Å². The molecule has 1 unspecified atom stereocenters. The summed E-state index contributed by atoms with van der Waals surface area (Å²) < 4.78 is 0.663. The van der Waals surface area contributed by atoms with Crippen molar-refractivity contribution in [2.45, 2.75) is 32.8 Å². The Morgan fingerprint density at radius 3 is 0.809 bits per heavy atom. The first kappa shape index (κ1) is 63.4. The van der Waals surface area contributed by atoms with E-state index in [1.54, 1.807) is 67.8 Å². The lowest BCUT2D eigenvalue weighted by Crippen LogP contribution is -2.56. The summed E-state index contributed by atoms with van der Waals surface area (Å²) in [5.41, 5.74) is -2.96. The first-order valence-corrected chi connectivity index (χ1v) is 27.3. The third-order valence-electron chi connectivity index (χ3n) is 10.2. The summed E-state index contributed by atoms with van der Waals surface area (Å²) in [6.45, 7) is -3.14. The molecular formula is C41H56I6N6O15. The zero-order chi connectivity index (χ0) is 51.8. The Hall–Kier alpha value is -0.720. The van der Waals surface area contributed by atoms with Gasteiger partial charge < -0.3 is 75.4 Å². The summed E-state index contributed by atoms with van der Waals surface area (Å²) in [7, 11) is 0. The lowest BCUT2D eigenvalue weighted by atomic mass is 9.99. The highest BCUT2D eigenvalue weighted by atomic mass is 127. The molecule has 0 aliphatic carbocycles. The highest BCUT2D eigenvalue weighted by molar-refractivity contribution is 14.1. The SMILES string of the molecule is CCCN(CCO)C(=O)c1c(I)c(C(=O)N(CCO)CCO)c(I)c(N(CC(O)(CO)CN(C(C)=O)c2c(I)c(C(=O)N(CCO)CCO)c(I)c(C(=O)N(CCO)CCO)c2I)C(C)=O)c1I. The molecule has 0 aliphatic rings. The molecule has 0 saturated carbocycles. The van der Waals surface area contributed by atoms with Crippen LogP contribution in [0.5, 0.6) is 0 Å². The minimum absolute atomic E-state index is 0.0331. The van der Waals surface area contributed by atoms with Crippen LogP contribution in [0.25, 0.3) is 0 Å². The van der Waals surface area contributed by atoms with E-state index in [1.165, 1.54) is 4.90 Å². The minimum Gasteiger partial charge on any atom is -0.395 e. The molecule has 2 aromatic carbocycles. The average Bonchev–Trinajstić information content (AvgIpc) is 3.27. The maximum absolute atomic E-state index is 14.5. The summed E-state index contributed by atoms with van der Waals surface area (Å²) in [5.74, 6) is -4.33. The normalized spacial score (nSPS) is 12.1. The largest absolute Gasteiger partial charge is 0.395 e. The Morgan fingerprint density at radius 2 is 0.632 bits per heavy atom. The van der Waals surface area contributed by atoms with Gasteiger partial charge in [0.1, 0.15) is 5.60 Å². The molecule has 0 bridgehead atoms. The lowest BCUT2D eigenvalue weighted by Gasteiger charge is -2.38. The maximum Gasteiger partial charge on any atom is 0.256 e. The van der Waals surface area contributed by atoms with Crippen molar-refractivity contribution in [3.05, 3.63) is 43.7 Å². The van der Waals surface area contributed by atoms with Crippen LogP contribution in [0.2, 0.25) is 0 Å². The molecule has 0 aromatic heterocycles. The molecule has 0 saturated heterocycles. The smallest absolute Gasteiger partial charge is 0.256 e. The Labute approximate surface area is 475 Å². The van der Waals surface area contributed by atoms with Crippen LogP contribution in [0.1, 0.15) is 68.6 Å². The highest BCUT2D eigenvalue weighted by Crippen LogP contribution is 2.42. The third-order valence-corrected chi connectivity index (χ3v) is 16.5. The van der Waals surface area contributed by atoms with E-state index in [2.05, 4.69) is 0 Å². The van der Waals surface area contributed by atoms with Crippen molar-refractivity contribution in [3.8, 4) is 0 Å². The van der Waals surface area contributed by atoms with E-state index in [4.69, 9.17) is 0 Å². The van der Waals surface area contributed by atoms with Gasteiger partial charge in [-0.15, -0.1) is 0 Å². The fourth-order valence-electron chi connectivity index (χ4n) is 6.97. The molecule has 2 rings (SSSR count). The minimum atomic E-state index is -2.46. The number of amides is 6. The number of hydrogen-bond donors (Lipinski definition) is 9. The molecule has 2 aromatic rings. The van der Waals surface area contributed by atoms with Crippen LogP contribution in [0.4, 0.5) is 11.4 Å². The van der Waals surface area contributed by atoms with E-state index < -0.39 is 107 Å². The zero-order valence-corrected chi connectivity index (χ0v) is 50.3. The molecule has 382 valence electrons. The molecule has 1 atom stereocenters. The number of carbonyl (C=O) groups excluding carboxylic acids is 6. The Morgan fingerprint density at radius 1 is 0.412 bits per heavy atom. The second-order valence-electron chi connectivity index (χ2n) is 14.9. The summed E-state index contributed by atoms with van der Waals surface area (Å²) in [5, 5.41) is 92.5. The van der Waals surface area contributed by atoms with Gasteiger partial charge >= 0.3 is 0 Å². The van der Waals surface area contributed by atoms with Crippen LogP contribution in [-0.4, -0.2) is 225 Å². The van der Waals surface area contributed by atoms with E-state index in [9.17, 15) is 74.7 Å². The van der Waals surface area contributed by atoms with Crippen molar-refractivity contribution < 1.29 is 74.7 Å². The van der Waals surface area contributed by atoms with E-state index in [0.717, 1.165) is 38.3 Å². The van der Waals surface area contributed by atoms with Crippen molar-refractivity contribution in [2.24, 2.45) is 0 Å². The predicted octanol–water partition coefficient (Wildman–Crippen LogP) is 0.569. The molecule has 0 heterocycles.